The van der Waals surface area contributed by atoms with Gasteiger partial charge in [-0.2, -0.15) is 0 Å². The highest BCUT2D eigenvalue weighted by Gasteiger charge is 2.11. The summed E-state index contributed by atoms with van der Waals surface area (Å²) in [7, 11) is 0. The Hall–Kier alpha value is -3.51. The third-order valence-corrected chi connectivity index (χ3v) is 5.55. The Labute approximate surface area is 165 Å². The van der Waals surface area contributed by atoms with Gasteiger partial charge in [0, 0.05) is 16.9 Å². The van der Waals surface area contributed by atoms with E-state index in [0.717, 1.165) is 37.6 Å². The van der Waals surface area contributed by atoms with Gasteiger partial charge in [-0.05, 0) is 55.5 Å². The number of carbonyl (C=O) groups is 1. The van der Waals surface area contributed by atoms with Crippen molar-refractivity contribution in [3.05, 3.63) is 83.6 Å². The van der Waals surface area contributed by atoms with Gasteiger partial charge in [0.2, 0.25) is 0 Å². The van der Waals surface area contributed by atoms with Crippen LogP contribution in [0.1, 0.15) is 15.4 Å². The fraction of sp³-hybridized carbons (Fsp3) is 0.0455. The Morgan fingerprint density at radius 1 is 1.00 bits per heavy atom. The summed E-state index contributed by atoms with van der Waals surface area (Å²) >= 11 is 1.64. The Kier molecular flexibility index (Phi) is 3.91. The molecule has 2 aromatic heterocycles. The van der Waals surface area contributed by atoms with Crippen molar-refractivity contribution in [1.82, 2.24) is 14.5 Å². The minimum Gasteiger partial charge on any atom is -0.322 e. The number of benzene rings is 3. The minimum atomic E-state index is -0.164. The molecule has 0 atom stereocenters. The first kappa shape index (κ1) is 16.6. The number of imidazole rings is 1. The summed E-state index contributed by atoms with van der Waals surface area (Å²) in [6.45, 7) is 1.98. The molecule has 0 unspecified atom stereocenters. The molecule has 2 heterocycles. The number of anilines is 1. The van der Waals surface area contributed by atoms with Crippen LogP contribution in [0, 0.1) is 6.92 Å². The molecule has 6 heteroatoms. The van der Waals surface area contributed by atoms with Crippen LogP contribution in [0.25, 0.3) is 26.9 Å². The summed E-state index contributed by atoms with van der Waals surface area (Å²) in [5, 5.41) is 3.97. The van der Waals surface area contributed by atoms with Crippen LogP contribution < -0.4 is 5.32 Å². The standard InChI is InChI=1S/C22H16N4OS/c1-14-24-19-12-16(8-10-21(19)28-14)25-22(27)15-7-9-20-18(11-15)23-13-26(20)17-5-3-2-4-6-17/h2-13H,1H3,(H,25,27). The fourth-order valence-electron chi connectivity index (χ4n) is 3.27. The van der Waals surface area contributed by atoms with Crippen LogP contribution in [0.15, 0.2) is 73.1 Å². The van der Waals surface area contributed by atoms with Crippen molar-refractivity contribution in [2.24, 2.45) is 0 Å². The third-order valence-electron chi connectivity index (χ3n) is 4.60. The molecule has 5 nitrogen and oxygen atoms in total. The zero-order chi connectivity index (χ0) is 19.1. The van der Waals surface area contributed by atoms with Crippen LogP contribution in [0.5, 0.6) is 0 Å². The van der Waals surface area contributed by atoms with Gasteiger partial charge in [0.15, 0.2) is 0 Å². The molecule has 0 aliphatic rings. The van der Waals surface area contributed by atoms with E-state index in [1.54, 1.807) is 17.7 Å². The van der Waals surface area contributed by atoms with Crippen molar-refractivity contribution in [2.45, 2.75) is 6.92 Å². The van der Waals surface area contributed by atoms with Gasteiger partial charge in [-0.25, -0.2) is 9.97 Å². The molecule has 136 valence electrons. The van der Waals surface area contributed by atoms with Crippen LogP contribution in [-0.4, -0.2) is 20.4 Å². The van der Waals surface area contributed by atoms with Gasteiger partial charge in [0.25, 0.3) is 5.91 Å². The van der Waals surface area contributed by atoms with Crippen LogP contribution in [0.4, 0.5) is 5.69 Å². The number of aromatic nitrogens is 3. The predicted molar refractivity (Wildman–Crippen MR) is 113 cm³/mol. The molecule has 0 saturated heterocycles. The molecule has 1 amide bonds. The molecule has 0 aliphatic carbocycles. The molecule has 3 aromatic carbocycles. The van der Waals surface area contributed by atoms with E-state index in [1.807, 2.05) is 78.2 Å². The number of para-hydroxylation sites is 1. The Morgan fingerprint density at radius 3 is 2.71 bits per heavy atom. The molecule has 0 radical (unpaired) electrons. The molecule has 0 fully saturated rings. The first-order chi connectivity index (χ1) is 13.7. The van der Waals surface area contributed by atoms with Crippen molar-refractivity contribution < 1.29 is 4.79 Å². The minimum absolute atomic E-state index is 0.164. The summed E-state index contributed by atoms with van der Waals surface area (Å²) in [5.41, 5.74) is 4.98. The van der Waals surface area contributed by atoms with E-state index in [-0.39, 0.29) is 5.91 Å². The number of hydrogen-bond donors (Lipinski definition) is 1. The summed E-state index contributed by atoms with van der Waals surface area (Å²) in [4.78, 5) is 21.7. The van der Waals surface area contributed by atoms with Gasteiger partial charge < -0.3 is 5.32 Å². The molecule has 1 N–H and O–H groups in total. The zero-order valence-corrected chi connectivity index (χ0v) is 15.9. The normalized spacial score (nSPS) is 11.2. The number of nitrogens with zero attached hydrogens (tertiary/aromatic N) is 3. The maximum Gasteiger partial charge on any atom is 0.255 e. The van der Waals surface area contributed by atoms with Gasteiger partial charge >= 0.3 is 0 Å². The molecular formula is C22H16N4OS. The van der Waals surface area contributed by atoms with Crippen molar-refractivity contribution in [3.63, 3.8) is 0 Å². The lowest BCUT2D eigenvalue weighted by atomic mass is 10.1. The number of amides is 1. The fourth-order valence-corrected chi connectivity index (χ4v) is 4.08. The lowest BCUT2D eigenvalue weighted by Crippen LogP contribution is -2.11. The van der Waals surface area contributed by atoms with Crippen molar-refractivity contribution in [3.8, 4) is 5.69 Å². The first-order valence-electron chi connectivity index (χ1n) is 8.88. The molecular weight excluding hydrogens is 368 g/mol. The lowest BCUT2D eigenvalue weighted by molar-refractivity contribution is 0.102. The van der Waals surface area contributed by atoms with E-state index < -0.39 is 0 Å². The van der Waals surface area contributed by atoms with E-state index >= 15 is 0 Å². The van der Waals surface area contributed by atoms with Crippen LogP contribution in [-0.2, 0) is 0 Å². The van der Waals surface area contributed by atoms with Crippen molar-refractivity contribution in [1.29, 1.82) is 0 Å². The second kappa shape index (κ2) is 6.58. The van der Waals surface area contributed by atoms with Gasteiger partial charge in [0.1, 0.15) is 6.33 Å². The van der Waals surface area contributed by atoms with E-state index in [0.29, 0.717) is 5.56 Å². The molecule has 0 bridgehead atoms. The maximum absolute atomic E-state index is 12.7. The number of hydrogen-bond acceptors (Lipinski definition) is 4. The van der Waals surface area contributed by atoms with Crippen LogP contribution in [0.2, 0.25) is 0 Å². The third kappa shape index (κ3) is 2.93. The van der Waals surface area contributed by atoms with Gasteiger partial charge in [-0.15, -0.1) is 11.3 Å². The topological polar surface area (TPSA) is 59.8 Å². The maximum atomic E-state index is 12.7. The molecule has 0 aliphatic heterocycles. The van der Waals surface area contributed by atoms with Crippen molar-refractivity contribution in [2.75, 3.05) is 5.32 Å². The van der Waals surface area contributed by atoms with E-state index in [1.165, 1.54) is 0 Å². The lowest BCUT2D eigenvalue weighted by Gasteiger charge is -2.07. The number of carbonyl (C=O) groups excluding carboxylic acids is 1. The van der Waals surface area contributed by atoms with Gasteiger partial charge in [-0.1, -0.05) is 18.2 Å². The number of aryl methyl sites for hydroxylation is 1. The van der Waals surface area contributed by atoms with E-state index in [4.69, 9.17) is 0 Å². The van der Waals surface area contributed by atoms with Gasteiger partial charge in [0.05, 0.1) is 26.3 Å². The highest BCUT2D eigenvalue weighted by atomic mass is 32.1. The number of fused-ring (bicyclic) bond motifs is 2. The highest BCUT2D eigenvalue weighted by molar-refractivity contribution is 7.18. The average Bonchev–Trinajstić information content (AvgIpc) is 3.30. The smallest absolute Gasteiger partial charge is 0.255 e. The summed E-state index contributed by atoms with van der Waals surface area (Å²) in [6.07, 6.45) is 1.78. The van der Waals surface area contributed by atoms with Crippen LogP contribution in [0.3, 0.4) is 0 Å². The molecule has 0 spiro atoms. The van der Waals surface area contributed by atoms with E-state index in [9.17, 15) is 4.79 Å². The Morgan fingerprint density at radius 2 is 1.86 bits per heavy atom. The molecule has 5 aromatic rings. The Bertz CT molecular complexity index is 1320. The number of thiazole rings is 1. The van der Waals surface area contributed by atoms with Gasteiger partial charge in [-0.3, -0.25) is 9.36 Å². The zero-order valence-electron chi connectivity index (χ0n) is 15.1. The van der Waals surface area contributed by atoms with E-state index in [2.05, 4.69) is 15.3 Å². The summed E-state index contributed by atoms with van der Waals surface area (Å²) in [6, 6.07) is 21.4. The molecule has 28 heavy (non-hydrogen) atoms. The molecule has 5 rings (SSSR count). The predicted octanol–water partition coefficient (Wildman–Crippen LogP) is 5.20. The largest absolute Gasteiger partial charge is 0.322 e. The van der Waals surface area contributed by atoms with Crippen molar-refractivity contribution >= 4 is 44.2 Å². The SMILES string of the molecule is Cc1nc2cc(NC(=O)c3ccc4c(c3)ncn4-c3ccccc3)ccc2s1. The second-order valence-corrected chi connectivity index (χ2v) is 7.76. The molecule has 0 saturated carbocycles. The Balaban J connectivity index is 1.44. The second-order valence-electron chi connectivity index (χ2n) is 6.52. The first-order valence-corrected chi connectivity index (χ1v) is 9.70. The number of rotatable bonds is 3. The number of nitrogens with one attached hydrogen (secondary N) is 1. The average molecular weight is 384 g/mol. The summed E-state index contributed by atoms with van der Waals surface area (Å²) in [5.74, 6) is -0.164. The monoisotopic (exact) mass is 384 g/mol. The quantitative estimate of drug-likeness (QED) is 0.465. The van der Waals surface area contributed by atoms with Crippen LogP contribution >= 0.6 is 11.3 Å². The highest BCUT2D eigenvalue weighted by Crippen LogP contribution is 2.25. The summed E-state index contributed by atoms with van der Waals surface area (Å²) < 4.78 is 3.12.